The van der Waals surface area contributed by atoms with Crippen molar-refractivity contribution in [1.29, 1.82) is 0 Å². The maximum absolute atomic E-state index is 12.2. The van der Waals surface area contributed by atoms with Crippen LogP contribution in [-0.4, -0.2) is 10.2 Å². The lowest BCUT2D eigenvalue weighted by Gasteiger charge is -2.15. The van der Waals surface area contributed by atoms with Gasteiger partial charge in [0, 0.05) is 11.4 Å². The number of nitrogens with one attached hydrogen (secondary N) is 4. The van der Waals surface area contributed by atoms with E-state index in [0.717, 1.165) is 22.5 Å². The van der Waals surface area contributed by atoms with Gasteiger partial charge < -0.3 is 10.6 Å². The van der Waals surface area contributed by atoms with Gasteiger partial charge in [0.1, 0.15) is 0 Å². The van der Waals surface area contributed by atoms with E-state index in [1.165, 1.54) is 0 Å². The minimum absolute atomic E-state index is 0.327. The zero-order valence-corrected chi connectivity index (χ0v) is 15.6. The lowest BCUT2D eigenvalue weighted by Crippen LogP contribution is -2.19. The highest BCUT2D eigenvalue weighted by atomic mass is 16.1. The summed E-state index contributed by atoms with van der Waals surface area (Å²) in [6, 6.07) is 19.3. The van der Waals surface area contributed by atoms with E-state index in [1.807, 2.05) is 62.4 Å². The Morgan fingerprint density at radius 3 is 1.32 bits per heavy atom. The van der Waals surface area contributed by atoms with Crippen molar-refractivity contribution in [3.63, 3.8) is 0 Å². The molecule has 1 heterocycles. The van der Waals surface area contributed by atoms with Crippen LogP contribution in [0.3, 0.4) is 0 Å². The van der Waals surface area contributed by atoms with Crippen molar-refractivity contribution >= 4 is 33.5 Å². The molecule has 4 N–H and O–H groups in total. The average Bonchev–Trinajstić information content (AvgIpc) is 2.69. The molecule has 0 atom stereocenters. The number of H-pyrrole nitrogens is 2. The maximum atomic E-state index is 12.2. The number of benzene rings is 3. The van der Waals surface area contributed by atoms with Crippen LogP contribution < -0.4 is 21.8 Å². The molecule has 0 unspecified atom stereocenters. The molecule has 0 aliphatic carbocycles. The largest absolute Gasteiger partial charge is 0.354 e. The molecule has 0 fully saturated rings. The Balaban J connectivity index is 1.85. The molecule has 0 spiro atoms. The summed E-state index contributed by atoms with van der Waals surface area (Å²) < 4.78 is 0. The van der Waals surface area contributed by atoms with Gasteiger partial charge in [0.2, 0.25) is 0 Å². The van der Waals surface area contributed by atoms with Gasteiger partial charge in [0.15, 0.2) is 0 Å². The fraction of sp³-hybridized carbons (Fsp3) is 0.0909. The first-order valence-electron chi connectivity index (χ1n) is 8.96. The summed E-state index contributed by atoms with van der Waals surface area (Å²) in [5.74, 6) is 0. The molecule has 4 aromatic rings. The van der Waals surface area contributed by atoms with Crippen LogP contribution in [0.1, 0.15) is 11.1 Å². The number of hydrogen-bond donors (Lipinski definition) is 4. The van der Waals surface area contributed by atoms with Crippen LogP contribution in [0, 0.1) is 13.8 Å². The van der Waals surface area contributed by atoms with Crippen molar-refractivity contribution in [3.05, 3.63) is 92.5 Å². The zero-order valence-electron chi connectivity index (χ0n) is 15.6. The topological polar surface area (TPSA) is 89.8 Å². The third-order valence-electron chi connectivity index (χ3n) is 4.60. The first-order chi connectivity index (χ1) is 13.5. The SMILES string of the molecule is Cc1ccc(Nc2cc3c(=O)[nH][nH]c(=O)c3cc2Nc2ccc(C)cc2)cc1. The first kappa shape index (κ1) is 17.6. The van der Waals surface area contributed by atoms with E-state index in [-0.39, 0.29) is 11.1 Å². The molecule has 0 saturated carbocycles. The van der Waals surface area contributed by atoms with Crippen LogP contribution in [0.15, 0.2) is 70.3 Å². The Bertz CT molecular complexity index is 1150. The number of fused-ring (bicyclic) bond motifs is 1. The van der Waals surface area contributed by atoms with Crippen LogP contribution >= 0.6 is 0 Å². The van der Waals surface area contributed by atoms with Crippen molar-refractivity contribution in [2.24, 2.45) is 0 Å². The number of aromatic amines is 2. The lowest BCUT2D eigenvalue weighted by molar-refractivity contribution is 0.977. The number of aromatic nitrogens is 2. The molecule has 0 saturated heterocycles. The molecule has 6 heteroatoms. The van der Waals surface area contributed by atoms with Gasteiger partial charge in [-0.05, 0) is 50.2 Å². The lowest BCUT2D eigenvalue weighted by atomic mass is 10.1. The Kier molecular flexibility index (Phi) is 4.45. The molecule has 3 aromatic carbocycles. The van der Waals surface area contributed by atoms with Gasteiger partial charge in [0.05, 0.1) is 22.1 Å². The monoisotopic (exact) mass is 372 g/mol. The Labute approximate surface area is 161 Å². The number of hydrogen-bond acceptors (Lipinski definition) is 4. The standard InChI is InChI=1S/C22H20N4O2/c1-13-3-7-15(8-4-13)23-19-11-17-18(22(28)26-25-21(17)27)12-20(19)24-16-9-5-14(2)6-10-16/h3-12,23-24H,1-2H3,(H,25,27)(H,26,28). The van der Waals surface area contributed by atoms with E-state index < -0.39 is 0 Å². The van der Waals surface area contributed by atoms with E-state index in [4.69, 9.17) is 0 Å². The van der Waals surface area contributed by atoms with Crippen molar-refractivity contribution in [3.8, 4) is 0 Å². The summed E-state index contributed by atoms with van der Waals surface area (Å²) >= 11 is 0. The van der Waals surface area contributed by atoms with Gasteiger partial charge in [-0.15, -0.1) is 0 Å². The van der Waals surface area contributed by atoms with Crippen LogP contribution in [-0.2, 0) is 0 Å². The third-order valence-corrected chi connectivity index (χ3v) is 4.60. The van der Waals surface area contributed by atoms with Crippen LogP contribution in [0.2, 0.25) is 0 Å². The van der Waals surface area contributed by atoms with Gasteiger partial charge >= 0.3 is 0 Å². The van der Waals surface area contributed by atoms with Crippen LogP contribution in [0.5, 0.6) is 0 Å². The Morgan fingerprint density at radius 1 is 0.607 bits per heavy atom. The van der Waals surface area contributed by atoms with E-state index in [0.29, 0.717) is 22.1 Å². The van der Waals surface area contributed by atoms with E-state index in [9.17, 15) is 9.59 Å². The molecule has 0 aliphatic heterocycles. The second-order valence-electron chi connectivity index (χ2n) is 6.83. The molecular weight excluding hydrogens is 352 g/mol. The average molecular weight is 372 g/mol. The highest BCUT2D eigenvalue weighted by molar-refractivity contribution is 5.93. The van der Waals surface area contributed by atoms with Gasteiger partial charge in [-0.1, -0.05) is 35.4 Å². The number of anilines is 4. The van der Waals surface area contributed by atoms with E-state index in [1.54, 1.807) is 12.1 Å². The summed E-state index contributed by atoms with van der Waals surface area (Å²) in [5.41, 5.74) is 4.80. The predicted molar refractivity (Wildman–Crippen MR) is 114 cm³/mol. The smallest absolute Gasteiger partial charge is 0.270 e. The molecule has 0 amide bonds. The molecule has 6 nitrogen and oxygen atoms in total. The fourth-order valence-corrected chi connectivity index (χ4v) is 3.02. The minimum Gasteiger partial charge on any atom is -0.354 e. The second kappa shape index (κ2) is 7.08. The van der Waals surface area contributed by atoms with Gasteiger partial charge in [-0.2, -0.15) is 0 Å². The highest BCUT2D eigenvalue weighted by Crippen LogP contribution is 2.31. The Hall–Kier alpha value is -3.80. The summed E-state index contributed by atoms with van der Waals surface area (Å²) in [6.45, 7) is 4.05. The summed E-state index contributed by atoms with van der Waals surface area (Å²) in [5, 5.41) is 12.1. The maximum Gasteiger partial charge on any atom is 0.270 e. The predicted octanol–water partition coefficient (Wildman–Crippen LogP) is 4.32. The van der Waals surface area contributed by atoms with Crippen molar-refractivity contribution < 1.29 is 0 Å². The Morgan fingerprint density at radius 2 is 0.964 bits per heavy atom. The van der Waals surface area contributed by atoms with Crippen molar-refractivity contribution in [2.45, 2.75) is 13.8 Å². The molecular formula is C22H20N4O2. The second-order valence-corrected chi connectivity index (χ2v) is 6.83. The van der Waals surface area contributed by atoms with Crippen molar-refractivity contribution in [1.82, 2.24) is 10.2 Å². The molecule has 4 rings (SSSR count). The minimum atomic E-state index is -0.344. The number of aryl methyl sites for hydroxylation is 2. The molecule has 1 aromatic heterocycles. The highest BCUT2D eigenvalue weighted by Gasteiger charge is 2.11. The van der Waals surface area contributed by atoms with E-state index in [2.05, 4.69) is 20.8 Å². The molecule has 0 radical (unpaired) electrons. The molecule has 28 heavy (non-hydrogen) atoms. The quantitative estimate of drug-likeness (QED) is 0.429. The third kappa shape index (κ3) is 3.53. The van der Waals surface area contributed by atoms with Gasteiger partial charge in [-0.3, -0.25) is 19.8 Å². The molecule has 140 valence electrons. The first-order valence-corrected chi connectivity index (χ1v) is 8.96. The zero-order chi connectivity index (χ0) is 19.7. The van der Waals surface area contributed by atoms with Crippen LogP contribution in [0.4, 0.5) is 22.7 Å². The summed E-state index contributed by atoms with van der Waals surface area (Å²) in [7, 11) is 0. The molecule has 0 bridgehead atoms. The van der Waals surface area contributed by atoms with Gasteiger partial charge in [-0.25, -0.2) is 0 Å². The normalized spacial score (nSPS) is 10.8. The summed E-state index contributed by atoms with van der Waals surface area (Å²) in [6.07, 6.45) is 0. The molecule has 0 aliphatic rings. The van der Waals surface area contributed by atoms with E-state index >= 15 is 0 Å². The van der Waals surface area contributed by atoms with Crippen molar-refractivity contribution in [2.75, 3.05) is 10.6 Å². The fourth-order valence-electron chi connectivity index (χ4n) is 3.02. The number of rotatable bonds is 4. The van der Waals surface area contributed by atoms with Gasteiger partial charge in [0.25, 0.3) is 11.1 Å². The summed E-state index contributed by atoms with van der Waals surface area (Å²) in [4.78, 5) is 24.4. The van der Waals surface area contributed by atoms with Crippen LogP contribution in [0.25, 0.3) is 10.8 Å².